The minimum atomic E-state index is 0.542. The number of aromatic nitrogens is 4. The van der Waals surface area contributed by atoms with Crippen molar-refractivity contribution in [1.82, 2.24) is 19.5 Å². The van der Waals surface area contributed by atoms with Crippen molar-refractivity contribution in [2.24, 2.45) is 0 Å². The van der Waals surface area contributed by atoms with E-state index in [-0.39, 0.29) is 0 Å². The van der Waals surface area contributed by atoms with Crippen LogP contribution in [0.4, 0.5) is 0 Å². The Balaban J connectivity index is 1.23. The van der Waals surface area contributed by atoms with Crippen molar-refractivity contribution in [2.45, 2.75) is 0 Å². The first-order chi connectivity index (χ1) is 28.8. The van der Waals surface area contributed by atoms with Crippen LogP contribution in [0, 0.1) is 0 Å². The summed E-state index contributed by atoms with van der Waals surface area (Å²) in [6.07, 6.45) is 0. The number of hydrogen-bond donors (Lipinski definition) is 0. The number of furan rings is 1. The van der Waals surface area contributed by atoms with Crippen LogP contribution in [-0.4, -0.2) is 19.5 Å². The second kappa shape index (κ2) is 12.8. The van der Waals surface area contributed by atoms with Gasteiger partial charge in [0.1, 0.15) is 11.2 Å². The summed E-state index contributed by atoms with van der Waals surface area (Å²) in [4.78, 5) is 15.9. The molecule has 0 radical (unpaired) electrons. The van der Waals surface area contributed by atoms with E-state index >= 15 is 0 Å². The summed E-state index contributed by atoms with van der Waals surface area (Å²) in [7, 11) is 0. The molecule has 0 fully saturated rings. The number of para-hydroxylation sites is 3. The van der Waals surface area contributed by atoms with E-state index in [1.54, 1.807) is 0 Å². The van der Waals surface area contributed by atoms with Crippen LogP contribution in [0.3, 0.4) is 0 Å². The van der Waals surface area contributed by atoms with Gasteiger partial charge < -0.3 is 4.42 Å². The third-order valence-electron chi connectivity index (χ3n) is 11.5. The molecule has 0 spiro atoms. The molecule has 12 rings (SSSR count). The molecule has 0 saturated heterocycles. The van der Waals surface area contributed by atoms with Gasteiger partial charge in [-0.1, -0.05) is 188 Å². The van der Waals surface area contributed by atoms with E-state index in [2.05, 4.69) is 162 Å². The van der Waals surface area contributed by atoms with Gasteiger partial charge in [0.05, 0.1) is 11.0 Å². The monoisotopic (exact) mass is 740 g/mol. The fourth-order valence-corrected chi connectivity index (χ4v) is 8.85. The first kappa shape index (κ1) is 32.4. The van der Waals surface area contributed by atoms with E-state index in [0.717, 1.165) is 82.5 Å². The molecule has 9 aromatic carbocycles. The number of fused-ring (bicyclic) bond motifs is 11. The van der Waals surface area contributed by atoms with Gasteiger partial charge in [-0.05, 0) is 33.4 Å². The molecule has 0 aliphatic heterocycles. The molecule has 5 nitrogen and oxygen atoms in total. The quantitative estimate of drug-likeness (QED) is 0.165. The van der Waals surface area contributed by atoms with Crippen molar-refractivity contribution in [3.8, 4) is 51.0 Å². The van der Waals surface area contributed by atoms with E-state index in [1.165, 1.54) is 16.2 Å². The number of nitrogens with zero attached hydrogens (tertiary/aromatic N) is 4. The zero-order valence-corrected chi connectivity index (χ0v) is 31.2. The molecule has 0 N–H and O–H groups in total. The molecule has 3 aromatic heterocycles. The van der Waals surface area contributed by atoms with Gasteiger partial charge in [-0.2, -0.15) is 9.97 Å². The van der Waals surface area contributed by atoms with E-state index in [9.17, 15) is 0 Å². The van der Waals surface area contributed by atoms with Crippen molar-refractivity contribution in [1.29, 1.82) is 0 Å². The van der Waals surface area contributed by atoms with Gasteiger partial charge in [0.25, 0.3) is 0 Å². The molecule has 12 aromatic rings. The maximum absolute atomic E-state index is 6.69. The molecule has 0 saturated carbocycles. The lowest BCUT2D eigenvalue weighted by molar-refractivity contribution is 0.670. The Labute approximate surface area is 333 Å². The number of rotatable bonds is 5. The summed E-state index contributed by atoms with van der Waals surface area (Å²) in [6, 6.07) is 67.8. The molecule has 0 atom stereocenters. The first-order valence-electron chi connectivity index (χ1n) is 19.5. The van der Waals surface area contributed by atoms with Crippen molar-refractivity contribution >= 4 is 65.3 Å². The third kappa shape index (κ3) is 4.93. The van der Waals surface area contributed by atoms with Crippen LogP contribution >= 0.6 is 0 Å². The van der Waals surface area contributed by atoms with Crippen molar-refractivity contribution in [3.63, 3.8) is 0 Å². The highest BCUT2D eigenvalue weighted by molar-refractivity contribution is 6.33. The molecule has 5 heteroatoms. The van der Waals surface area contributed by atoms with E-state index < -0.39 is 0 Å². The van der Waals surface area contributed by atoms with E-state index in [0.29, 0.717) is 17.6 Å². The smallest absolute Gasteiger partial charge is 0.238 e. The zero-order chi connectivity index (χ0) is 38.2. The van der Waals surface area contributed by atoms with Crippen LogP contribution in [0.2, 0.25) is 0 Å². The lowest BCUT2D eigenvalue weighted by atomic mass is 9.95. The average Bonchev–Trinajstić information content (AvgIpc) is 3.87. The highest BCUT2D eigenvalue weighted by Crippen LogP contribution is 2.46. The number of hydrogen-bond acceptors (Lipinski definition) is 4. The molecule has 0 amide bonds. The summed E-state index contributed by atoms with van der Waals surface area (Å²) in [6.45, 7) is 0. The van der Waals surface area contributed by atoms with Crippen LogP contribution in [-0.2, 0) is 0 Å². The van der Waals surface area contributed by atoms with E-state index in [4.69, 9.17) is 19.4 Å². The Bertz CT molecular complexity index is 3550. The van der Waals surface area contributed by atoms with Gasteiger partial charge in [-0.25, -0.2) is 4.98 Å². The molecule has 0 bridgehead atoms. The Morgan fingerprint density at radius 2 is 0.828 bits per heavy atom. The normalized spacial score (nSPS) is 11.8. The lowest BCUT2D eigenvalue weighted by Gasteiger charge is -2.14. The molecule has 0 aliphatic rings. The second-order valence-corrected chi connectivity index (χ2v) is 14.7. The average molecular weight is 741 g/mol. The predicted molar refractivity (Wildman–Crippen MR) is 238 cm³/mol. The summed E-state index contributed by atoms with van der Waals surface area (Å²) < 4.78 is 8.98. The SMILES string of the molecule is c1ccc(-c2ccc(-c3nc(-c4ccccc4)nc(-n4c5c(-c6cccc7c6oc6ccccc67)cccc5c5c6ccccc6c6ccccc6c54)n3)cc2)cc1. The maximum atomic E-state index is 6.69. The Morgan fingerprint density at radius 3 is 1.55 bits per heavy atom. The zero-order valence-electron chi connectivity index (χ0n) is 31.2. The van der Waals surface area contributed by atoms with Gasteiger partial charge in [-0.3, -0.25) is 4.57 Å². The largest absolute Gasteiger partial charge is 0.455 e. The summed E-state index contributed by atoms with van der Waals surface area (Å²) in [5.41, 5.74) is 9.91. The van der Waals surface area contributed by atoms with Crippen LogP contribution < -0.4 is 0 Å². The highest BCUT2D eigenvalue weighted by Gasteiger charge is 2.25. The molecule has 58 heavy (non-hydrogen) atoms. The van der Waals surface area contributed by atoms with Crippen LogP contribution in [0.25, 0.3) is 116 Å². The van der Waals surface area contributed by atoms with Crippen LogP contribution in [0.15, 0.2) is 199 Å². The van der Waals surface area contributed by atoms with Gasteiger partial charge in [0.2, 0.25) is 5.95 Å². The lowest BCUT2D eigenvalue weighted by Crippen LogP contribution is -2.07. The fourth-order valence-electron chi connectivity index (χ4n) is 8.85. The summed E-state index contributed by atoms with van der Waals surface area (Å²) >= 11 is 0. The first-order valence-corrected chi connectivity index (χ1v) is 19.5. The molecule has 0 aliphatic carbocycles. The van der Waals surface area contributed by atoms with Crippen molar-refractivity contribution < 1.29 is 4.42 Å². The minimum Gasteiger partial charge on any atom is -0.455 e. The van der Waals surface area contributed by atoms with E-state index in [1.807, 2.05) is 36.4 Å². The standard InChI is InChI=1S/C53H32N4O/c1-3-15-33(16-4-1)34-29-31-36(32-30-34)52-54-51(35-17-5-2-6-18-35)55-53(56-52)57-48-42(44-26-14-25-43-39-21-11-12-28-46(39)58-50(43)44)24-13-27-45(48)47-40-22-9-7-19-37(40)38-20-8-10-23-41(38)49(47)57/h1-32H. The summed E-state index contributed by atoms with van der Waals surface area (Å²) in [5, 5.41) is 9.10. The van der Waals surface area contributed by atoms with Crippen molar-refractivity contribution in [2.75, 3.05) is 0 Å². The minimum absolute atomic E-state index is 0.542. The fraction of sp³-hybridized carbons (Fsp3) is 0. The molecule has 270 valence electrons. The van der Waals surface area contributed by atoms with Crippen molar-refractivity contribution in [3.05, 3.63) is 194 Å². The van der Waals surface area contributed by atoms with Gasteiger partial charge >= 0.3 is 0 Å². The summed E-state index contributed by atoms with van der Waals surface area (Å²) in [5.74, 6) is 1.74. The molecule has 3 heterocycles. The predicted octanol–water partition coefficient (Wildman–Crippen LogP) is 13.8. The van der Waals surface area contributed by atoms with Gasteiger partial charge in [0.15, 0.2) is 11.6 Å². The molecular weight excluding hydrogens is 709 g/mol. The number of benzene rings is 9. The Morgan fingerprint density at radius 1 is 0.328 bits per heavy atom. The topological polar surface area (TPSA) is 56.7 Å². The molecule has 0 unspecified atom stereocenters. The van der Waals surface area contributed by atoms with Gasteiger partial charge in [-0.15, -0.1) is 0 Å². The van der Waals surface area contributed by atoms with Gasteiger partial charge in [0, 0.05) is 49.2 Å². The highest BCUT2D eigenvalue weighted by atomic mass is 16.3. The maximum Gasteiger partial charge on any atom is 0.238 e. The molecular formula is C53H32N4O. The van der Waals surface area contributed by atoms with Crippen LogP contribution in [0.5, 0.6) is 0 Å². The Kier molecular flexibility index (Phi) is 7.16. The Hall–Kier alpha value is -7.89. The second-order valence-electron chi connectivity index (χ2n) is 14.7. The third-order valence-corrected chi connectivity index (χ3v) is 11.5. The van der Waals surface area contributed by atoms with Crippen LogP contribution in [0.1, 0.15) is 0 Å².